The molecule has 1 N–H and O–H groups in total. The van der Waals surface area contributed by atoms with E-state index in [1.165, 1.54) is 0 Å². The van der Waals surface area contributed by atoms with E-state index in [4.69, 9.17) is 4.74 Å². The van der Waals surface area contributed by atoms with E-state index >= 15 is 0 Å². The summed E-state index contributed by atoms with van der Waals surface area (Å²) in [5.74, 6) is 0.956. The lowest BCUT2D eigenvalue weighted by atomic mass is 10.1. The first-order valence-corrected chi connectivity index (χ1v) is 9.15. The second kappa shape index (κ2) is 8.95. The van der Waals surface area contributed by atoms with Crippen molar-refractivity contribution in [1.82, 2.24) is 9.97 Å². The number of carbonyl (C=O) groups excluding carboxylic acids is 1. The minimum atomic E-state index is -0.233. The van der Waals surface area contributed by atoms with Gasteiger partial charge in [-0.1, -0.05) is 18.2 Å². The Morgan fingerprint density at radius 3 is 2.57 bits per heavy atom. The highest BCUT2D eigenvalue weighted by Crippen LogP contribution is 2.22. The Balaban J connectivity index is 1.90. The fourth-order valence-electron chi connectivity index (χ4n) is 2.64. The number of anilines is 1. The Morgan fingerprint density at radius 1 is 1.04 bits per heavy atom. The van der Waals surface area contributed by atoms with E-state index in [1.54, 1.807) is 18.5 Å². The van der Waals surface area contributed by atoms with Crippen LogP contribution >= 0.6 is 0 Å². The Hall–Kier alpha value is -3.47. The lowest BCUT2D eigenvalue weighted by Crippen LogP contribution is -2.15. The van der Waals surface area contributed by atoms with Gasteiger partial charge in [0.1, 0.15) is 11.6 Å². The van der Waals surface area contributed by atoms with Crippen LogP contribution in [0.25, 0.3) is 12.2 Å². The molecule has 0 bridgehead atoms. The molecule has 2 aromatic heterocycles. The van der Waals surface area contributed by atoms with Crippen molar-refractivity contribution in [3.63, 3.8) is 0 Å². The van der Waals surface area contributed by atoms with Crippen molar-refractivity contribution in [2.24, 2.45) is 0 Å². The third-order valence-electron chi connectivity index (χ3n) is 3.94. The summed E-state index contributed by atoms with van der Waals surface area (Å²) < 4.78 is 5.83. The largest absolute Gasteiger partial charge is 0.491 e. The van der Waals surface area contributed by atoms with E-state index in [1.807, 2.05) is 75.4 Å². The zero-order valence-electron chi connectivity index (χ0n) is 16.2. The molecule has 0 spiro atoms. The molecule has 3 aromatic rings. The molecule has 0 unspecified atom stereocenters. The van der Waals surface area contributed by atoms with Crippen LogP contribution in [-0.2, 0) is 0 Å². The van der Waals surface area contributed by atoms with Gasteiger partial charge in [0.2, 0.25) is 0 Å². The minimum Gasteiger partial charge on any atom is -0.491 e. The van der Waals surface area contributed by atoms with E-state index < -0.39 is 0 Å². The highest BCUT2D eigenvalue weighted by atomic mass is 16.5. The molecule has 0 saturated carbocycles. The molecule has 0 aliphatic heterocycles. The van der Waals surface area contributed by atoms with Crippen LogP contribution in [0.15, 0.2) is 60.9 Å². The van der Waals surface area contributed by atoms with Crippen molar-refractivity contribution in [2.75, 3.05) is 5.32 Å². The van der Waals surface area contributed by atoms with Gasteiger partial charge in [-0.3, -0.25) is 9.78 Å². The number of ether oxygens (including phenoxy) is 1. The topological polar surface area (TPSA) is 64.1 Å². The zero-order valence-corrected chi connectivity index (χ0v) is 16.2. The number of aromatic nitrogens is 2. The van der Waals surface area contributed by atoms with Crippen LogP contribution in [0.3, 0.4) is 0 Å². The number of pyridine rings is 2. The molecule has 0 fully saturated rings. The molecular weight excluding hydrogens is 350 g/mol. The standard InChI is InChI=1S/C23H23N3O2/c1-16(2)28-21-14-18(9-10-20-8-4-5-11-24-20)13-19(15-21)23(27)26-22-17(3)7-6-12-25-22/h4-16H,1-3H3,(H,25,26,27). The molecule has 5 nitrogen and oxygen atoms in total. The van der Waals surface area contributed by atoms with Gasteiger partial charge in [-0.2, -0.15) is 0 Å². The predicted octanol–water partition coefficient (Wildman–Crippen LogP) is 4.99. The van der Waals surface area contributed by atoms with E-state index in [-0.39, 0.29) is 12.0 Å². The van der Waals surface area contributed by atoms with Gasteiger partial charge in [0, 0.05) is 18.0 Å². The van der Waals surface area contributed by atoms with Gasteiger partial charge in [0.05, 0.1) is 11.8 Å². The van der Waals surface area contributed by atoms with Crippen LogP contribution in [0.1, 0.15) is 41.0 Å². The first-order valence-electron chi connectivity index (χ1n) is 9.15. The van der Waals surface area contributed by atoms with Gasteiger partial charge in [-0.05, 0) is 74.4 Å². The number of amides is 1. The number of benzene rings is 1. The number of nitrogens with zero attached hydrogens (tertiary/aromatic N) is 2. The smallest absolute Gasteiger partial charge is 0.256 e. The molecule has 3 rings (SSSR count). The number of nitrogens with one attached hydrogen (secondary N) is 1. The van der Waals surface area contributed by atoms with Crippen LogP contribution in [0, 0.1) is 6.92 Å². The average molecular weight is 373 g/mol. The number of carbonyl (C=O) groups is 1. The number of hydrogen-bond donors (Lipinski definition) is 1. The molecule has 5 heteroatoms. The Bertz CT molecular complexity index is 982. The monoisotopic (exact) mass is 373 g/mol. The maximum absolute atomic E-state index is 12.8. The SMILES string of the molecule is Cc1cccnc1NC(=O)c1cc(C=Cc2ccccn2)cc(OC(C)C)c1. The van der Waals surface area contributed by atoms with Crippen molar-refractivity contribution in [3.8, 4) is 5.75 Å². The maximum Gasteiger partial charge on any atom is 0.256 e. The normalized spacial score (nSPS) is 11.0. The molecule has 0 aliphatic carbocycles. The van der Waals surface area contributed by atoms with Crippen LogP contribution in [0.5, 0.6) is 5.75 Å². The molecule has 1 amide bonds. The molecule has 28 heavy (non-hydrogen) atoms. The number of hydrogen-bond acceptors (Lipinski definition) is 4. The molecule has 142 valence electrons. The van der Waals surface area contributed by atoms with E-state index in [2.05, 4.69) is 15.3 Å². The van der Waals surface area contributed by atoms with Crippen molar-refractivity contribution < 1.29 is 9.53 Å². The van der Waals surface area contributed by atoms with Gasteiger partial charge in [0.25, 0.3) is 5.91 Å². The highest BCUT2D eigenvalue weighted by molar-refractivity contribution is 6.04. The summed E-state index contributed by atoms with van der Waals surface area (Å²) in [6, 6.07) is 14.9. The highest BCUT2D eigenvalue weighted by Gasteiger charge is 2.12. The molecule has 0 atom stereocenters. The van der Waals surface area contributed by atoms with Crippen LogP contribution in [0.4, 0.5) is 5.82 Å². The fourth-order valence-corrected chi connectivity index (χ4v) is 2.64. The van der Waals surface area contributed by atoms with Gasteiger partial charge < -0.3 is 10.1 Å². The summed E-state index contributed by atoms with van der Waals surface area (Å²) in [7, 11) is 0. The van der Waals surface area contributed by atoms with Crippen LogP contribution in [-0.4, -0.2) is 22.0 Å². The summed E-state index contributed by atoms with van der Waals surface area (Å²) in [6.07, 6.45) is 7.22. The van der Waals surface area contributed by atoms with E-state index in [0.717, 1.165) is 16.8 Å². The first-order chi connectivity index (χ1) is 13.5. The van der Waals surface area contributed by atoms with Gasteiger partial charge >= 0.3 is 0 Å². The lowest BCUT2D eigenvalue weighted by molar-refractivity contribution is 0.102. The Kier molecular flexibility index (Phi) is 6.17. The van der Waals surface area contributed by atoms with Gasteiger partial charge in [-0.15, -0.1) is 0 Å². The lowest BCUT2D eigenvalue weighted by Gasteiger charge is -2.13. The van der Waals surface area contributed by atoms with Crippen LogP contribution < -0.4 is 10.1 Å². The third-order valence-corrected chi connectivity index (χ3v) is 3.94. The minimum absolute atomic E-state index is 0.00367. The van der Waals surface area contributed by atoms with E-state index in [9.17, 15) is 4.79 Å². The second-order valence-corrected chi connectivity index (χ2v) is 6.67. The summed E-state index contributed by atoms with van der Waals surface area (Å²) in [5.41, 5.74) is 3.10. The molecular formula is C23H23N3O2. The van der Waals surface area contributed by atoms with Gasteiger partial charge in [-0.25, -0.2) is 4.98 Å². The van der Waals surface area contributed by atoms with Crippen LogP contribution in [0.2, 0.25) is 0 Å². The number of aryl methyl sites for hydroxylation is 1. The fraction of sp³-hybridized carbons (Fsp3) is 0.174. The maximum atomic E-state index is 12.8. The predicted molar refractivity (Wildman–Crippen MR) is 112 cm³/mol. The average Bonchev–Trinajstić information content (AvgIpc) is 2.68. The van der Waals surface area contributed by atoms with Gasteiger partial charge in [0.15, 0.2) is 0 Å². The summed E-state index contributed by atoms with van der Waals surface area (Å²) >= 11 is 0. The summed E-state index contributed by atoms with van der Waals surface area (Å²) in [6.45, 7) is 5.81. The van der Waals surface area contributed by atoms with Crippen molar-refractivity contribution in [3.05, 3.63) is 83.3 Å². The molecule has 0 radical (unpaired) electrons. The number of rotatable bonds is 6. The quantitative estimate of drug-likeness (QED) is 0.661. The van der Waals surface area contributed by atoms with Crippen molar-refractivity contribution in [2.45, 2.75) is 26.9 Å². The summed E-state index contributed by atoms with van der Waals surface area (Å²) in [4.78, 5) is 21.3. The van der Waals surface area contributed by atoms with Crippen molar-refractivity contribution >= 4 is 23.9 Å². The van der Waals surface area contributed by atoms with E-state index in [0.29, 0.717) is 17.1 Å². The first kappa shape index (κ1) is 19.3. The molecule has 2 heterocycles. The third kappa shape index (κ3) is 5.27. The Labute approximate surface area is 165 Å². The molecule has 1 aromatic carbocycles. The zero-order chi connectivity index (χ0) is 19.9. The Morgan fingerprint density at radius 2 is 1.86 bits per heavy atom. The van der Waals surface area contributed by atoms with Crippen molar-refractivity contribution in [1.29, 1.82) is 0 Å². The second-order valence-electron chi connectivity index (χ2n) is 6.67. The molecule has 0 aliphatic rings. The molecule has 0 saturated heterocycles. The summed E-state index contributed by atoms with van der Waals surface area (Å²) in [5, 5.41) is 2.87.